The fourth-order valence-electron chi connectivity index (χ4n) is 5.57. The van der Waals surface area contributed by atoms with Crippen molar-refractivity contribution in [1.82, 2.24) is 24.1 Å². The summed E-state index contributed by atoms with van der Waals surface area (Å²) in [6.45, 7) is 3.63. The molecule has 0 spiro atoms. The quantitative estimate of drug-likeness (QED) is 0.286. The van der Waals surface area contributed by atoms with E-state index in [-0.39, 0.29) is 46.7 Å². The number of pyridine rings is 2. The van der Waals surface area contributed by atoms with Gasteiger partial charge in [-0.05, 0) is 57.0 Å². The topological polar surface area (TPSA) is 154 Å². The van der Waals surface area contributed by atoms with Crippen LogP contribution in [0, 0.1) is 11.7 Å². The minimum atomic E-state index is -3.63. The van der Waals surface area contributed by atoms with Crippen LogP contribution in [0.5, 0.6) is 11.5 Å². The normalized spacial score (nSPS) is 17.7. The van der Waals surface area contributed by atoms with Gasteiger partial charge in [0.15, 0.2) is 11.6 Å². The highest BCUT2D eigenvalue weighted by Crippen LogP contribution is 2.31. The Labute approximate surface area is 273 Å². The number of anilines is 3. The summed E-state index contributed by atoms with van der Waals surface area (Å²) in [6, 6.07) is 9.03. The van der Waals surface area contributed by atoms with Crippen molar-refractivity contribution in [3.63, 3.8) is 0 Å². The van der Waals surface area contributed by atoms with Crippen molar-refractivity contribution in [2.45, 2.75) is 62.9 Å². The van der Waals surface area contributed by atoms with E-state index in [2.05, 4.69) is 20.6 Å². The summed E-state index contributed by atoms with van der Waals surface area (Å²) in [5.74, 6) is -2.25. The number of benzene rings is 1. The molecule has 13 nitrogen and oxygen atoms in total. The number of hydrogen-bond acceptors (Lipinski definition) is 9. The van der Waals surface area contributed by atoms with Crippen molar-refractivity contribution < 1.29 is 31.9 Å². The Bertz CT molecular complexity index is 1750. The van der Waals surface area contributed by atoms with Gasteiger partial charge in [0.25, 0.3) is 0 Å². The molecule has 1 aromatic carbocycles. The summed E-state index contributed by atoms with van der Waals surface area (Å²) >= 11 is 0. The number of ether oxygens (including phenoxy) is 1. The van der Waals surface area contributed by atoms with E-state index in [0.29, 0.717) is 24.5 Å². The first-order valence-corrected chi connectivity index (χ1v) is 16.8. The predicted molar refractivity (Wildman–Crippen MR) is 172 cm³/mol. The van der Waals surface area contributed by atoms with Gasteiger partial charge in [-0.3, -0.25) is 14.5 Å². The van der Waals surface area contributed by atoms with Gasteiger partial charge < -0.3 is 20.3 Å². The molecule has 47 heavy (non-hydrogen) atoms. The number of halogens is 1. The summed E-state index contributed by atoms with van der Waals surface area (Å²) in [4.78, 5) is 51.2. The molecule has 2 aromatic heterocycles. The minimum Gasteiger partial charge on any atom is -0.454 e. The highest BCUT2D eigenvalue weighted by Gasteiger charge is 2.46. The number of hydrogen-bond donors (Lipinski definition) is 2. The molecule has 0 radical (unpaired) electrons. The number of amides is 4. The number of urea groups is 1. The van der Waals surface area contributed by atoms with Crippen LogP contribution in [0.2, 0.25) is 0 Å². The number of imide groups is 1. The lowest BCUT2D eigenvalue weighted by Crippen LogP contribution is -2.63. The third-order valence-electron chi connectivity index (χ3n) is 8.18. The molecular formula is C32H38FN7O6S. The van der Waals surface area contributed by atoms with E-state index in [4.69, 9.17) is 4.74 Å². The maximum absolute atomic E-state index is 15.2. The van der Waals surface area contributed by atoms with E-state index in [1.165, 1.54) is 72.7 Å². The Hall–Kier alpha value is -4.63. The van der Waals surface area contributed by atoms with Crippen LogP contribution in [0.15, 0.2) is 59.8 Å². The third-order valence-corrected chi connectivity index (χ3v) is 9.97. The van der Waals surface area contributed by atoms with Crippen molar-refractivity contribution in [2.24, 2.45) is 5.92 Å². The second-order valence-corrected chi connectivity index (χ2v) is 14.1. The molecule has 1 saturated heterocycles. The third kappa shape index (κ3) is 7.52. The van der Waals surface area contributed by atoms with Gasteiger partial charge in [0.1, 0.15) is 28.2 Å². The summed E-state index contributed by atoms with van der Waals surface area (Å²) in [6.07, 6.45) is 6.99. The summed E-state index contributed by atoms with van der Waals surface area (Å²) in [5, 5.41) is 5.59. The van der Waals surface area contributed by atoms with E-state index in [1.807, 2.05) is 13.8 Å². The van der Waals surface area contributed by atoms with Crippen LogP contribution in [0.3, 0.4) is 0 Å². The van der Waals surface area contributed by atoms with Gasteiger partial charge in [-0.15, -0.1) is 0 Å². The average molecular weight is 668 g/mol. The zero-order valence-corrected chi connectivity index (χ0v) is 27.5. The molecule has 1 aliphatic carbocycles. The number of rotatable bonds is 10. The smallest absolute Gasteiger partial charge is 0.327 e. The van der Waals surface area contributed by atoms with Crippen molar-refractivity contribution in [3.8, 4) is 11.5 Å². The molecule has 2 N–H and O–H groups in total. The molecule has 1 atom stereocenters. The Morgan fingerprint density at radius 3 is 2.40 bits per heavy atom. The largest absolute Gasteiger partial charge is 0.454 e. The number of carbonyl (C=O) groups excluding carboxylic acids is 3. The lowest BCUT2D eigenvalue weighted by atomic mass is 9.91. The van der Waals surface area contributed by atoms with E-state index in [0.717, 1.165) is 29.6 Å². The van der Waals surface area contributed by atoms with Gasteiger partial charge in [-0.1, -0.05) is 19.3 Å². The first kappa shape index (κ1) is 33.7. The lowest BCUT2D eigenvalue weighted by Gasteiger charge is -2.44. The van der Waals surface area contributed by atoms with Crippen LogP contribution in [0.4, 0.5) is 26.5 Å². The molecule has 2 aliphatic rings. The Kier molecular flexibility index (Phi) is 10.1. The lowest BCUT2D eigenvalue weighted by molar-refractivity contribution is -0.144. The van der Waals surface area contributed by atoms with Gasteiger partial charge in [0, 0.05) is 62.9 Å². The zero-order chi connectivity index (χ0) is 33.9. The number of aromatic nitrogens is 2. The van der Waals surface area contributed by atoms with Crippen molar-refractivity contribution in [3.05, 3.63) is 60.7 Å². The maximum Gasteiger partial charge on any atom is 0.327 e. The molecule has 1 aliphatic heterocycles. The molecule has 250 valence electrons. The fraction of sp³-hybridized carbons (Fsp3) is 0.406. The zero-order valence-electron chi connectivity index (χ0n) is 26.6. The second kappa shape index (κ2) is 14.0. The van der Waals surface area contributed by atoms with E-state index in [1.54, 1.807) is 0 Å². The number of nitrogens with zero attached hydrogens (tertiary/aromatic N) is 5. The van der Waals surface area contributed by atoms with Crippen LogP contribution >= 0.6 is 0 Å². The van der Waals surface area contributed by atoms with Gasteiger partial charge >= 0.3 is 6.03 Å². The standard InChI is InChI=1S/C32H38FN7O6S/c1-20(2)39-19-25(31(42)40(32(39)43)22-8-6-5-7-9-22)30(41)36-21-10-12-27(26(33)16-21)46-23-14-15-34-29(17-23)37-28-13-11-24(18-35-28)47(44,45)38(3)4/h10-18,20,22,25H,5-9,19H2,1-4H3,(H,36,41)(H,34,35,37). The molecule has 3 aromatic rings. The molecule has 5 rings (SSSR count). The van der Waals surface area contributed by atoms with Crippen LogP contribution in [-0.4, -0.2) is 83.1 Å². The molecular weight excluding hydrogens is 629 g/mol. The summed E-state index contributed by atoms with van der Waals surface area (Å²) in [7, 11) is -0.769. The van der Waals surface area contributed by atoms with Crippen LogP contribution in [-0.2, 0) is 19.6 Å². The SMILES string of the molecule is CC(C)N1CC(C(=O)Nc2ccc(Oc3ccnc(Nc4ccc(S(=O)(=O)N(C)C)cn4)c3)c(F)c2)C(=O)N(C2CCCCC2)C1=O. The number of sulfonamides is 1. The molecule has 0 bridgehead atoms. The Balaban J connectivity index is 1.25. The van der Waals surface area contributed by atoms with Crippen LogP contribution in [0.25, 0.3) is 0 Å². The number of carbonyl (C=O) groups is 3. The molecule has 4 amide bonds. The molecule has 1 unspecified atom stereocenters. The minimum absolute atomic E-state index is 0.0348. The first-order valence-electron chi connectivity index (χ1n) is 15.4. The van der Waals surface area contributed by atoms with Crippen molar-refractivity contribution in [2.75, 3.05) is 31.3 Å². The van der Waals surface area contributed by atoms with E-state index >= 15 is 4.39 Å². The highest BCUT2D eigenvalue weighted by molar-refractivity contribution is 7.89. The molecule has 2 fully saturated rings. The summed E-state index contributed by atoms with van der Waals surface area (Å²) < 4.78 is 46.5. The van der Waals surface area contributed by atoms with Gasteiger partial charge in [-0.25, -0.2) is 31.9 Å². The molecule has 1 saturated carbocycles. The van der Waals surface area contributed by atoms with Crippen LogP contribution in [0.1, 0.15) is 46.0 Å². The molecule has 15 heteroatoms. The van der Waals surface area contributed by atoms with Gasteiger partial charge in [0.05, 0.1) is 0 Å². The summed E-state index contributed by atoms with van der Waals surface area (Å²) in [5.41, 5.74) is 0.132. The Morgan fingerprint density at radius 1 is 1.02 bits per heavy atom. The van der Waals surface area contributed by atoms with Crippen molar-refractivity contribution >= 4 is 45.2 Å². The Morgan fingerprint density at radius 2 is 1.77 bits per heavy atom. The highest BCUT2D eigenvalue weighted by atomic mass is 32.2. The number of nitrogens with one attached hydrogen (secondary N) is 2. The monoisotopic (exact) mass is 667 g/mol. The predicted octanol–water partition coefficient (Wildman–Crippen LogP) is 4.96. The van der Waals surface area contributed by atoms with E-state index in [9.17, 15) is 22.8 Å². The maximum atomic E-state index is 15.2. The van der Waals surface area contributed by atoms with Gasteiger partial charge in [-0.2, -0.15) is 0 Å². The molecule has 3 heterocycles. The average Bonchev–Trinajstić information content (AvgIpc) is 3.03. The van der Waals surface area contributed by atoms with Crippen molar-refractivity contribution in [1.29, 1.82) is 0 Å². The first-order chi connectivity index (χ1) is 22.3. The fourth-order valence-corrected chi connectivity index (χ4v) is 6.41. The van der Waals surface area contributed by atoms with Gasteiger partial charge in [0.2, 0.25) is 21.8 Å². The van der Waals surface area contributed by atoms with E-state index < -0.39 is 33.6 Å². The van der Waals surface area contributed by atoms with Crippen LogP contribution < -0.4 is 15.4 Å². The second-order valence-electron chi connectivity index (χ2n) is 12.0.